The van der Waals surface area contributed by atoms with Crippen LogP contribution in [-0.2, 0) is 54.0 Å². The zero-order valence-electron chi connectivity index (χ0n) is 39.1. The molecule has 2 saturated heterocycles. The number of nitrogens with zero attached hydrogens (tertiary/aromatic N) is 1. The zero-order chi connectivity index (χ0) is 46.4. The molecule has 4 rings (SSSR count). The standard InChI is InChI=1S/C48H76N2O13/c1-29(2)25-38(53)61-46-33(6)59-40(28-48(46,7)56)62-43-32(5)60-47(42(55)41(43)50(8)9)63-44-35(22-24-49-23-21-34-18-14-12-15-19-34)26-30(3)36(51)20-16-11-13-17-31(4)58-39(54)27-37(52)45(44)57-10/h11-16,18-20,29-33,35,37,40-47,49,52,55-56H,17,21-28H2,1-10H3/b13-11+,20-16+/t30-,31-,32-,33+,35-,37+,40+,41-,42-,43-,44+,45+,46+,47+,48-/m1/s1. The number of benzene rings is 1. The van der Waals surface area contributed by atoms with E-state index in [0.717, 1.165) is 6.42 Å². The normalized spacial score (nSPS) is 37.4. The van der Waals surface area contributed by atoms with Crippen molar-refractivity contribution in [1.29, 1.82) is 0 Å². The van der Waals surface area contributed by atoms with E-state index in [1.807, 2.05) is 45.0 Å². The number of hydrogen-bond donors (Lipinski definition) is 4. The van der Waals surface area contributed by atoms with E-state index in [1.165, 1.54) is 18.7 Å². The van der Waals surface area contributed by atoms with Crippen LogP contribution in [0.25, 0.3) is 0 Å². The molecule has 15 nitrogen and oxygen atoms in total. The van der Waals surface area contributed by atoms with E-state index < -0.39 is 103 Å². The van der Waals surface area contributed by atoms with Crippen LogP contribution in [0.15, 0.2) is 54.6 Å². The molecule has 0 aliphatic carbocycles. The molecular formula is C48H76N2O13. The van der Waals surface area contributed by atoms with Crippen molar-refractivity contribution in [2.45, 2.75) is 173 Å². The lowest BCUT2D eigenvalue weighted by Gasteiger charge is -2.50. The summed E-state index contributed by atoms with van der Waals surface area (Å²) >= 11 is 0. The predicted molar refractivity (Wildman–Crippen MR) is 236 cm³/mol. The highest BCUT2D eigenvalue weighted by Gasteiger charge is 2.52. The second kappa shape index (κ2) is 25.0. The highest BCUT2D eigenvalue weighted by molar-refractivity contribution is 5.91. The molecule has 1 aromatic rings. The van der Waals surface area contributed by atoms with Gasteiger partial charge in [-0.1, -0.05) is 69.3 Å². The highest BCUT2D eigenvalue weighted by atomic mass is 16.7. The van der Waals surface area contributed by atoms with Gasteiger partial charge in [0.05, 0.1) is 36.9 Å². The fourth-order valence-electron chi connectivity index (χ4n) is 8.89. The molecule has 4 N–H and O–H groups in total. The quantitative estimate of drug-likeness (QED) is 0.144. The number of esters is 2. The summed E-state index contributed by atoms with van der Waals surface area (Å²) in [6, 6.07) is 9.40. The lowest BCUT2D eigenvalue weighted by atomic mass is 9.82. The van der Waals surface area contributed by atoms with Crippen molar-refractivity contribution in [1.82, 2.24) is 10.2 Å². The van der Waals surface area contributed by atoms with Crippen LogP contribution in [0.3, 0.4) is 0 Å². The topological polar surface area (TPSA) is 192 Å². The van der Waals surface area contributed by atoms with Crippen LogP contribution in [0.1, 0.15) is 92.6 Å². The molecule has 15 atom stereocenters. The molecular weight excluding hydrogens is 813 g/mol. The van der Waals surface area contributed by atoms with Crippen molar-refractivity contribution in [2.75, 3.05) is 34.3 Å². The average Bonchev–Trinajstić information content (AvgIpc) is 3.19. The molecule has 0 unspecified atom stereocenters. The Morgan fingerprint density at radius 1 is 0.968 bits per heavy atom. The number of methoxy groups -OCH3 is 1. The third kappa shape index (κ3) is 15.8. The summed E-state index contributed by atoms with van der Waals surface area (Å²) < 4.78 is 43.4. The molecule has 2 fully saturated rings. The number of allylic oxidation sites excluding steroid dienone is 3. The molecule has 15 heteroatoms. The van der Waals surface area contributed by atoms with Crippen molar-refractivity contribution in [3.63, 3.8) is 0 Å². The summed E-state index contributed by atoms with van der Waals surface area (Å²) in [5.74, 6) is -1.94. The number of ether oxygens (including phenoxy) is 7. The molecule has 1 aromatic carbocycles. The molecule has 0 spiro atoms. The Kier molecular flexibility index (Phi) is 20.8. The Hall–Kier alpha value is -3.09. The first kappa shape index (κ1) is 52.5. The summed E-state index contributed by atoms with van der Waals surface area (Å²) in [6.07, 6.45) is -1.98. The minimum absolute atomic E-state index is 0.0174. The van der Waals surface area contributed by atoms with Crippen molar-refractivity contribution >= 4 is 17.7 Å². The maximum atomic E-state index is 13.5. The van der Waals surface area contributed by atoms with Crippen LogP contribution in [0.2, 0.25) is 0 Å². The first-order chi connectivity index (χ1) is 29.8. The smallest absolute Gasteiger partial charge is 0.308 e. The maximum absolute atomic E-state index is 13.5. The molecule has 0 saturated carbocycles. The van der Waals surface area contributed by atoms with E-state index in [-0.39, 0.29) is 31.0 Å². The van der Waals surface area contributed by atoms with Gasteiger partial charge in [0, 0.05) is 32.3 Å². The molecule has 0 amide bonds. The molecule has 0 aromatic heterocycles. The predicted octanol–water partition coefficient (Wildman–Crippen LogP) is 4.28. The van der Waals surface area contributed by atoms with E-state index in [1.54, 1.807) is 58.8 Å². The molecule has 0 radical (unpaired) electrons. The Morgan fingerprint density at radius 3 is 2.33 bits per heavy atom. The van der Waals surface area contributed by atoms with Gasteiger partial charge in [0.15, 0.2) is 24.5 Å². The number of carbonyl (C=O) groups excluding carboxylic acids is 3. The number of hydrogen-bond acceptors (Lipinski definition) is 15. The van der Waals surface area contributed by atoms with Gasteiger partial charge in [-0.3, -0.25) is 14.4 Å². The van der Waals surface area contributed by atoms with E-state index in [9.17, 15) is 29.7 Å². The minimum atomic E-state index is -1.48. The van der Waals surface area contributed by atoms with Gasteiger partial charge in [-0.2, -0.15) is 0 Å². The average molecular weight is 889 g/mol. The Bertz CT molecular complexity index is 1620. The Morgan fingerprint density at radius 2 is 1.68 bits per heavy atom. The number of rotatable bonds is 15. The third-order valence-electron chi connectivity index (χ3n) is 12.2. The van der Waals surface area contributed by atoms with Gasteiger partial charge in [-0.25, -0.2) is 0 Å². The summed E-state index contributed by atoms with van der Waals surface area (Å²) in [4.78, 5) is 41.1. The van der Waals surface area contributed by atoms with Crippen LogP contribution in [-0.4, -0.2) is 151 Å². The fraction of sp³-hybridized carbons (Fsp3) is 0.729. The van der Waals surface area contributed by atoms with Crippen LogP contribution in [0.5, 0.6) is 0 Å². The van der Waals surface area contributed by atoms with Gasteiger partial charge >= 0.3 is 11.9 Å². The fourth-order valence-corrected chi connectivity index (χ4v) is 8.89. The second-order valence-electron chi connectivity index (χ2n) is 18.6. The number of aliphatic hydroxyl groups is 3. The maximum Gasteiger partial charge on any atom is 0.308 e. The number of ketones is 1. The van der Waals surface area contributed by atoms with Gasteiger partial charge in [0.25, 0.3) is 0 Å². The molecule has 3 heterocycles. The second-order valence-corrected chi connectivity index (χ2v) is 18.6. The van der Waals surface area contributed by atoms with Gasteiger partial charge in [-0.05, 0) is 97.6 Å². The summed E-state index contributed by atoms with van der Waals surface area (Å²) in [5.41, 5.74) is -0.288. The van der Waals surface area contributed by atoms with Gasteiger partial charge in [-0.15, -0.1) is 0 Å². The number of carbonyl (C=O) groups is 3. The van der Waals surface area contributed by atoms with Crippen molar-refractivity contribution in [3.05, 3.63) is 60.2 Å². The lowest BCUT2D eigenvalue weighted by Crippen LogP contribution is -2.66. The monoisotopic (exact) mass is 889 g/mol. The number of cyclic esters (lactones) is 1. The van der Waals surface area contributed by atoms with Crippen molar-refractivity contribution < 1.29 is 62.9 Å². The number of likely N-dealkylation sites (N-methyl/N-ethyl adjacent to an activating group) is 1. The van der Waals surface area contributed by atoms with E-state index >= 15 is 0 Å². The Balaban J connectivity index is 1.62. The van der Waals surface area contributed by atoms with Gasteiger partial charge in [0.1, 0.15) is 30.0 Å². The molecule has 3 aliphatic heterocycles. The van der Waals surface area contributed by atoms with Crippen molar-refractivity contribution in [2.24, 2.45) is 17.8 Å². The summed E-state index contributed by atoms with van der Waals surface area (Å²) in [5, 5.41) is 39.0. The summed E-state index contributed by atoms with van der Waals surface area (Å²) in [6.45, 7) is 13.8. The number of nitrogens with one attached hydrogen (secondary N) is 1. The summed E-state index contributed by atoms with van der Waals surface area (Å²) in [7, 11) is 5.02. The zero-order valence-corrected chi connectivity index (χ0v) is 39.1. The van der Waals surface area contributed by atoms with Crippen molar-refractivity contribution in [3.8, 4) is 0 Å². The van der Waals surface area contributed by atoms with E-state index in [0.29, 0.717) is 32.4 Å². The minimum Gasteiger partial charge on any atom is -0.462 e. The molecule has 0 bridgehead atoms. The Labute approximate surface area is 374 Å². The molecule has 356 valence electrons. The number of aliphatic hydroxyl groups excluding tert-OH is 2. The van der Waals surface area contributed by atoms with Crippen LogP contribution < -0.4 is 5.32 Å². The van der Waals surface area contributed by atoms with E-state index in [2.05, 4.69) is 17.4 Å². The lowest BCUT2D eigenvalue weighted by molar-refractivity contribution is -0.344. The molecule has 63 heavy (non-hydrogen) atoms. The van der Waals surface area contributed by atoms with Gasteiger partial charge < -0.3 is 58.7 Å². The largest absolute Gasteiger partial charge is 0.462 e. The van der Waals surface area contributed by atoms with E-state index in [4.69, 9.17) is 33.2 Å². The third-order valence-corrected chi connectivity index (χ3v) is 12.2. The van der Waals surface area contributed by atoms with Crippen LogP contribution >= 0.6 is 0 Å². The van der Waals surface area contributed by atoms with Gasteiger partial charge in [0.2, 0.25) is 0 Å². The first-order valence-corrected chi connectivity index (χ1v) is 22.7. The first-order valence-electron chi connectivity index (χ1n) is 22.7. The van der Waals surface area contributed by atoms with Crippen LogP contribution in [0, 0.1) is 17.8 Å². The van der Waals surface area contributed by atoms with Crippen LogP contribution in [0.4, 0.5) is 0 Å². The SMILES string of the molecule is CO[C@@H]1[C@@H](O[C@@H]2O[C@H](C)[C@@H](O[C@H]3C[C@@](C)(O)[C@@H](OC(=O)CC(C)C)[C@H](C)O3)[C@H](N(C)C)[C@H]2O)[C@H](CCNCCc2ccccc2)C[C@@H](C)C(=O)/C=C/C=C/C[C@@H](C)OC(=O)C[C@@H]1O. The molecule has 3 aliphatic rings. The highest BCUT2D eigenvalue weighted by Crippen LogP contribution is 2.37.